The highest BCUT2D eigenvalue weighted by Crippen LogP contribution is 2.36. The van der Waals surface area contributed by atoms with Crippen LogP contribution in [0.5, 0.6) is 0 Å². The fraction of sp³-hybridized carbons (Fsp3) is 0. The third-order valence-corrected chi connectivity index (χ3v) is 8.71. The number of nitrogens with zero attached hydrogens (tertiary/aromatic N) is 3. The third-order valence-electron chi connectivity index (χ3n) is 8.71. The van der Waals surface area contributed by atoms with E-state index in [2.05, 4.69) is 167 Å². The largest absolute Gasteiger partial charge is 0.264 e. The standard InChI is InChI=1S/C45H31N3/c1-2-9-32(10-3-1)42-25-43(38-16-5-12-34(22-38)33-11-4-15-37(21-33)41-19-8-20-46-28-41)27-44(26-42)39-17-6-13-35(23-39)36-14-7-18-40(24-36)45-29-47-31-48-30-45/h1-31H. The van der Waals surface area contributed by atoms with Gasteiger partial charge in [0, 0.05) is 35.9 Å². The molecule has 0 aliphatic heterocycles. The number of hydrogen-bond acceptors (Lipinski definition) is 3. The average Bonchev–Trinajstić information content (AvgIpc) is 3.19. The lowest BCUT2D eigenvalue weighted by molar-refractivity contribution is 1.17. The summed E-state index contributed by atoms with van der Waals surface area (Å²) in [6.45, 7) is 0. The summed E-state index contributed by atoms with van der Waals surface area (Å²) < 4.78 is 0. The fourth-order valence-electron chi connectivity index (χ4n) is 6.25. The second kappa shape index (κ2) is 13.1. The van der Waals surface area contributed by atoms with Gasteiger partial charge in [-0.25, -0.2) is 9.97 Å². The molecule has 3 heteroatoms. The molecule has 6 aromatic carbocycles. The molecule has 0 fully saturated rings. The summed E-state index contributed by atoms with van der Waals surface area (Å²) in [5.74, 6) is 0. The van der Waals surface area contributed by atoms with Crippen LogP contribution in [0.1, 0.15) is 0 Å². The molecular weight excluding hydrogens is 583 g/mol. The van der Waals surface area contributed by atoms with Crippen LogP contribution in [0.3, 0.4) is 0 Å². The second-order valence-corrected chi connectivity index (χ2v) is 11.9. The normalized spacial score (nSPS) is 10.9. The van der Waals surface area contributed by atoms with E-state index in [0.29, 0.717) is 0 Å². The molecule has 0 atom stereocenters. The van der Waals surface area contributed by atoms with Gasteiger partial charge in [-0.3, -0.25) is 4.98 Å². The van der Waals surface area contributed by atoms with Gasteiger partial charge in [-0.15, -0.1) is 0 Å². The highest BCUT2D eigenvalue weighted by atomic mass is 14.8. The van der Waals surface area contributed by atoms with Crippen LogP contribution in [0.4, 0.5) is 0 Å². The van der Waals surface area contributed by atoms with Gasteiger partial charge in [0.1, 0.15) is 6.33 Å². The third kappa shape index (κ3) is 6.18. The van der Waals surface area contributed by atoms with Gasteiger partial charge in [-0.2, -0.15) is 0 Å². The highest BCUT2D eigenvalue weighted by Gasteiger charge is 2.11. The van der Waals surface area contributed by atoms with Gasteiger partial charge in [-0.05, 0) is 115 Å². The summed E-state index contributed by atoms with van der Waals surface area (Å²) in [6.07, 6.45) is 8.99. The number of rotatable bonds is 7. The number of pyridine rings is 1. The zero-order chi connectivity index (χ0) is 32.1. The van der Waals surface area contributed by atoms with Crippen LogP contribution < -0.4 is 0 Å². The summed E-state index contributed by atoms with van der Waals surface area (Å²) in [6, 6.07) is 56.5. The average molecular weight is 614 g/mol. The van der Waals surface area contributed by atoms with Crippen molar-refractivity contribution in [3.05, 3.63) is 189 Å². The highest BCUT2D eigenvalue weighted by molar-refractivity contribution is 5.85. The minimum atomic E-state index is 1.00. The van der Waals surface area contributed by atoms with Gasteiger partial charge in [0.25, 0.3) is 0 Å². The lowest BCUT2D eigenvalue weighted by atomic mass is 9.91. The monoisotopic (exact) mass is 613 g/mol. The van der Waals surface area contributed by atoms with E-state index in [1.807, 2.05) is 30.9 Å². The number of aromatic nitrogens is 3. The van der Waals surface area contributed by atoms with Crippen LogP contribution in [-0.4, -0.2) is 15.0 Å². The number of hydrogen-bond donors (Lipinski definition) is 0. The van der Waals surface area contributed by atoms with Gasteiger partial charge >= 0.3 is 0 Å². The molecule has 0 saturated carbocycles. The maximum absolute atomic E-state index is 4.32. The van der Waals surface area contributed by atoms with E-state index in [9.17, 15) is 0 Å². The first-order chi connectivity index (χ1) is 23.8. The van der Waals surface area contributed by atoms with Crippen LogP contribution in [0.2, 0.25) is 0 Å². The molecule has 0 bridgehead atoms. The van der Waals surface area contributed by atoms with Crippen molar-refractivity contribution in [3.8, 4) is 77.9 Å². The molecule has 2 heterocycles. The first kappa shape index (κ1) is 29.0. The van der Waals surface area contributed by atoms with Gasteiger partial charge < -0.3 is 0 Å². The van der Waals surface area contributed by atoms with Crippen molar-refractivity contribution < 1.29 is 0 Å². The van der Waals surface area contributed by atoms with Crippen molar-refractivity contribution in [1.29, 1.82) is 0 Å². The van der Waals surface area contributed by atoms with E-state index < -0.39 is 0 Å². The number of benzene rings is 6. The quantitative estimate of drug-likeness (QED) is 0.179. The van der Waals surface area contributed by atoms with Crippen LogP contribution in [0.15, 0.2) is 189 Å². The summed E-state index contributed by atoms with van der Waals surface area (Å²) in [5, 5.41) is 0. The SMILES string of the molecule is c1ccc(-c2cc(-c3cccc(-c4cccc(-c5cccnc5)c4)c3)cc(-c3cccc(-c4cccc(-c5cncnc5)c4)c3)c2)cc1. The summed E-state index contributed by atoms with van der Waals surface area (Å²) in [5.41, 5.74) is 16.1. The van der Waals surface area contributed by atoms with Crippen LogP contribution in [0.25, 0.3) is 77.9 Å². The van der Waals surface area contributed by atoms with Crippen molar-refractivity contribution in [2.45, 2.75) is 0 Å². The van der Waals surface area contributed by atoms with E-state index in [0.717, 1.165) is 33.4 Å². The first-order valence-electron chi connectivity index (χ1n) is 16.0. The smallest absolute Gasteiger partial charge is 0.115 e. The van der Waals surface area contributed by atoms with Crippen molar-refractivity contribution in [2.24, 2.45) is 0 Å². The Bertz CT molecular complexity index is 2190. The molecule has 0 radical (unpaired) electrons. The van der Waals surface area contributed by atoms with Crippen LogP contribution in [-0.2, 0) is 0 Å². The minimum Gasteiger partial charge on any atom is -0.264 e. The zero-order valence-electron chi connectivity index (χ0n) is 26.2. The molecule has 0 spiro atoms. The van der Waals surface area contributed by atoms with Gasteiger partial charge in [-0.1, -0.05) is 109 Å². The van der Waals surface area contributed by atoms with E-state index in [-0.39, 0.29) is 0 Å². The lowest BCUT2D eigenvalue weighted by Gasteiger charge is -2.14. The maximum atomic E-state index is 4.32. The topological polar surface area (TPSA) is 38.7 Å². The van der Waals surface area contributed by atoms with E-state index >= 15 is 0 Å². The Kier molecular flexibility index (Phi) is 7.92. The fourth-order valence-corrected chi connectivity index (χ4v) is 6.25. The van der Waals surface area contributed by atoms with Crippen molar-refractivity contribution in [1.82, 2.24) is 15.0 Å². The van der Waals surface area contributed by atoms with Crippen molar-refractivity contribution >= 4 is 0 Å². The second-order valence-electron chi connectivity index (χ2n) is 11.9. The molecule has 226 valence electrons. The Morgan fingerprint density at radius 2 is 0.562 bits per heavy atom. The molecule has 0 unspecified atom stereocenters. The predicted molar refractivity (Wildman–Crippen MR) is 198 cm³/mol. The Morgan fingerprint density at radius 1 is 0.229 bits per heavy atom. The summed E-state index contributed by atoms with van der Waals surface area (Å²) >= 11 is 0. The Morgan fingerprint density at radius 3 is 1.02 bits per heavy atom. The van der Waals surface area contributed by atoms with Crippen molar-refractivity contribution in [3.63, 3.8) is 0 Å². The van der Waals surface area contributed by atoms with E-state index in [1.165, 1.54) is 44.5 Å². The van der Waals surface area contributed by atoms with Gasteiger partial charge in [0.05, 0.1) is 0 Å². The molecule has 0 saturated heterocycles. The Hall–Kier alpha value is -6.45. The maximum Gasteiger partial charge on any atom is 0.115 e. The Balaban J connectivity index is 1.20. The molecule has 0 aliphatic carbocycles. The molecule has 8 rings (SSSR count). The van der Waals surface area contributed by atoms with Gasteiger partial charge in [0.2, 0.25) is 0 Å². The minimum absolute atomic E-state index is 1.00. The Labute approximate surface area is 280 Å². The summed E-state index contributed by atoms with van der Waals surface area (Å²) in [4.78, 5) is 12.7. The van der Waals surface area contributed by atoms with Crippen molar-refractivity contribution in [2.75, 3.05) is 0 Å². The first-order valence-corrected chi connectivity index (χ1v) is 16.0. The zero-order valence-corrected chi connectivity index (χ0v) is 26.2. The van der Waals surface area contributed by atoms with Crippen LogP contribution >= 0.6 is 0 Å². The molecule has 0 aliphatic rings. The molecule has 2 aromatic heterocycles. The summed E-state index contributed by atoms with van der Waals surface area (Å²) in [7, 11) is 0. The predicted octanol–water partition coefficient (Wildman–Crippen LogP) is 11.5. The van der Waals surface area contributed by atoms with E-state index in [4.69, 9.17) is 0 Å². The van der Waals surface area contributed by atoms with E-state index in [1.54, 1.807) is 6.33 Å². The molecule has 3 nitrogen and oxygen atoms in total. The lowest BCUT2D eigenvalue weighted by Crippen LogP contribution is -1.88. The molecule has 0 N–H and O–H groups in total. The molecular formula is C45H31N3. The molecule has 48 heavy (non-hydrogen) atoms. The van der Waals surface area contributed by atoms with Crippen LogP contribution in [0, 0.1) is 0 Å². The molecule has 0 amide bonds. The molecule has 8 aromatic rings. The van der Waals surface area contributed by atoms with Gasteiger partial charge in [0.15, 0.2) is 0 Å².